The van der Waals surface area contributed by atoms with Gasteiger partial charge in [-0.05, 0) is 24.1 Å². The van der Waals surface area contributed by atoms with Gasteiger partial charge in [0.15, 0.2) is 4.80 Å². The molecule has 2 aromatic heterocycles. The number of carbonyl (C=O) groups is 1. The maximum Gasteiger partial charge on any atom is 0.338 e. The number of ether oxygens (including phenoxy) is 1. The summed E-state index contributed by atoms with van der Waals surface area (Å²) in [5.74, 6) is 0.814. The Morgan fingerprint density at radius 2 is 1.79 bits per heavy atom. The van der Waals surface area contributed by atoms with Gasteiger partial charge in [-0.25, -0.2) is 9.79 Å². The van der Waals surface area contributed by atoms with Crippen LogP contribution in [0, 0.1) is 0 Å². The van der Waals surface area contributed by atoms with Crippen molar-refractivity contribution in [1.82, 2.24) is 4.57 Å². The first-order valence-corrected chi connectivity index (χ1v) is 11.8. The number of allylic oxidation sites excluding steroid dienone is 1. The van der Waals surface area contributed by atoms with E-state index in [1.54, 1.807) is 10.6 Å². The predicted octanol–water partition coefficient (Wildman–Crippen LogP) is 4.06. The van der Waals surface area contributed by atoms with E-state index in [2.05, 4.69) is 4.99 Å². The van der Waals surface area contributed by atoms with E-state index in [1.807, 2.05) is 79.7 Å². The number of benzene rings is 2. The van der Waals surface area contributed by atoms with Gasteiger partial charge in [0.05, 0.1) is 29.0 Å². The molecule has 0 aliphatic carbocycles. The third-order valence-corrected chi connectivity index (χ3v) is 6.71. The molecule has 6 nitrogen and oxygen atoms in total. The average molecular weight is 471 g/mol. The van der Waals surface area contributed by atoms with Gasteiger partial charge in [0.1, 0.15) is 11.5 Å². The molecule has 0 radical (unpaired) electrons. The number of methoxy groups -OCH3 is 1. The second-order valence-corrected chi connectivity index (χ2v) is 8.78. The number of rotatable bonds is 5. The molecular weight excluding hydrogens is 448 g/mol. The highest BCUT2D eigenvalue weighted by Crippen LogP contribution is 2.31. The first kappa shape index (κ1) is 21.9. The molecule has 2 aromatic carbocycles. The number of aromatic nitrogens is 1. The van der Waals surface area contributed by atoms with Gasteiger partial charge in [-0.15, -0.1) is 0 Å². The smallest absolute Gasteiger partial charge is 0.338 e. The fraction of sp³-hybridized carbons (Fsp3) is 0.148. The fourth-order valence-corrected chi connectivity index (χ4v) is 5.13. The van der Waals surface area contributed by atoms with E-state index in [0.717, 1.165) is 16.9 Å². The Labute approximate surface area is 199 Å². The molecule has 0 saturated carbocycles. The summed E-state index contributed by atoms with van der Waals surface area (Å²) in [5.41, 5.74) is 2.56. The molecule has 1 aliphatic rings. The van der Waals surface area contributed by atoms with Crippen LogP contribution in [0.25, 0.3) is 17.4 Å². The van der Waals surface area contributed by atoms with Crippen molar-refractivity contribution in [3.8, 4) is 11.3 Å². The number of hydrogen-bond donors (Lipinski definition) is 0. The number of fused-ring (bicyclic) bond motifs is 1. The van der Waals surface area contributed by atoms with Crippen LogP contribution in [0.4, 0.5) is 0 Å². The molecule has 1 atom stereocenters. The maximum absolute atomic E-state index is 13.6. The van der Waals surface area contributed by atoms with Crippen molar-refractivity contribution in [2.24, 2.45) is 4.99 Å². The first-order chi connectivity index (χ1) is 16.6. The van der Waals surface area contributed by atoms with Crippen molar-refractivity contribution in [1.29, 1.82) is 0 Å². The van der Waals surface area contributed by atoms with Crippen molar-refractivity contribution < 1.29 is 13.9 Å². The number of hydrogen-bond acceptors (Lipinski definition) is 6. The van der Waals surface area contributed by atoms with Crippen LogP contribution in [0.15, 0.2) is 98.3 Å². The molecule has 7 heteroatoms. The van der Waals surface area contributed by atoms with Gasteiger partial charge in [-0.1, -0.05) is 78.9 Å². The molecule has 0 spiro atoms. The predicted molar refractivity (Wildman–Crippen MR) is 131 cm³/mol. The summed E-state index contributed by atoms with van der Waals surface area (Å²) in [6.45, 7) is 1.94. The second-order valence-electron chi connectivity index (χ2n) is 7.77. The Morgan fingerprint density at radius 3 is 2.47 bits per heavy atom. The van der Waals surface area contributed by atoms with Crippen LogP contribution in [-0.4, -0.2) is 17.6 Å². The van der Waals surface area contributed by atoms with E-state index in [0.29, 0.717) is 32.8 Å². The average Bonchev–Trinajstić information content (AvgIpc) is 3.48. The Kier molecular flexibility index (Phi) is 5.86. The highest BCUT2D eigenvalue weighted by molar-refractivity contribution is 7.07. The minimum Gasteiger partial charge on any atom is -0.466 e. The van der Waals surface area contributed by atoms with Gasteiger partial charge in [0.25, 0.3) is 5.56 Å². The summed E-state index contributed by atoms with van der Waals surface area (Å²) < 4.78 is 13.1. The van der Waals surface area contributed by atoms with Crippen LogP contribution in [0.5, 0.6) is 0 Å². The van der Waals surface area contributed by atoms with E-state index in [9.17, 15) is 9.59 Å². The topological polar surface area (TPSA) is 73.8 Å². The normalized spacial score (nSPS) is 15.7. The molecule has 0 fully saturated rings. The number of thiazole rings is 1. The lowest BCUT2D eigenvalue weighted by molar-refractivity contribution is -0.136. The van der Waals surface area contributed by atoms with Crippen LogP contribution in [-0.2, 0) is 9.53 Å². The van der Waals surface area contributed by atoms with Gasteiger partial charge in [0, 0.05) is 11.6 Å². The van der Waals surface area contributed by atoms with Crippen molar-refractivity contribution in [2.45, 2.75) is 19.4 Å². The van der Waals surface area contributed by atoms with Crippen LogP contribution in [0.3, 0.4) is 0 Å². The molecule has 0 saturated heterocycles. The largest absolute Gasteiger partial charge is 0.466 e. The quantitative estimate of drug-likeness (QED) is 0.413. The fourth-order valence-electron chi connectivity index (χ4n) is 4.13. The molecular formula is C27H22N2O4S. The lowest BCUT2D eigenvalue weighted by Crippen LogP contribution is -2.40. The van der Waals surface area contributed by atoms with E-state index >= 15 is 0 Å². The summed E-state index contributed by atoms with van der Waals surface area (Å²) in [4.78, 5) is 31.6. The number of carbonyl (C=O) groups excluding carboxylic acids is 1. The van der Waals surface area contributed by atoms with Crippen molar-refractivity contribution in [2.75, 3.05) is 7.11 Å². The second kappa shape index (κ2) is 9.11. The van der Waals surface area contributed by atoms with Gasteiger partial charge < -0.3 is 9.15 Å². The third-order valence-electron chi connectivity index (χ3n) is 5.72. The summed E-state index contributed by atoms with van der Waals surface area (Å²) in [5, 5.41) is 0. The highest BCUT2D eigenvalue weighted by atomic mass is 32.1. The van der Waals surface area contributed by atoms with Crippen LogP contribution in [0.1, 0.15) is 30.7 Å². The monoisotopic (exact) mass is 470 g/mol. The molecule has 0 amide bonds. The molecule has 34 heavy (non-hydrogen) atoms. The lowest BCUT2D eigenvalue weighted by atomic mass is 9.95. The number of furan rings is 1. The van der Waals surface area contributed by atoms with Crippen molar-refractivity contribution in [3.63, 3.8) is 0 Å². The first-order valence-electron chi connectivity index (χ1n) is 10.9. The van der Waals surface area contributed by atoms with Gasteiger partial charge in [-0.3, -0.25) is 9.36 Å². The Hall–Kier alpha value is -3.97. The number of nitrogens with zero attached hydrogens (tertiary/aromatic N) is 2. The van der Waals surface area contributed by atoms with Gasteiger partial charge in [-0.2, -0.15) is 0 Å². The zero-order chi connectivity index (χ0) is 23.7. The van der Waals surface area contributed by atoms with Crippen LogP contribution in [0.2, 0.25) is 0 Å². The summed E-state index contributed by atoms with van der Waals surface area (Å²) in [7, 11) is 1.34. The minimum absolute atomic E-state index is 0.230. The maximum atomic E-state index is 13.6. The SMILES string of the molecule is CCC1=C(C(=O)OC)[C@H](c2ccccc2)n2c(s/c(=C\c3ccc(-c4ccccc4)o3)c2=O)=N1. The minimum atomic E-state index is -0.613. The zero-order valence-electron chi connectivity index (χ0n) is 18.7. The number of esters is 1. The molecule has 4 aromatic rings. The molecule has 0 unspecified atom stereocenters. The van der Waals surface area contributed by atoms with Gasteiger partial charge in [0.2, 0.25) is 0 Å². The molecule has 170 valence electrons. The van der Waals surface area contributed by atoms with E-state index in [-0.39, 0.29) is 5.56 Å². The van der Waals surface area contributed by atoms with E-state index in [4.69, 9.17) is 9.15 Å². The molecule has 0 bridgehead atoms. The highest BCUT2D eigenvalue weighted by Gasteiger charge is 2.33. The Bertz CT molecular complexity index is 1560. The van der Waals surface area contributed by atoms with Crippen molar-refractivity contribution in [3.05, 3.63) is 115 Å². The standard InChI is InChI=1S/C27H22N2O4S/c1-3-20-23(26(31)32-2)24(18-12-8-5-9-13-18)29-25(30)22(34-27(29)28-20)16-19-14-15-21(33-19)17-10-6-4-7-11-17/h4-16,24H,3H2,1-2H3/b22-16-/t24-/m0/s1. The molecule has 1 aliphatic heterocycles. The summed E-state index contributed by atoms with van der Waals surface area (Å²) in [6.07, 6.45) is 2.27. The summed E-state index contributed by atoms with van der Waals surface area (Å²) in [6, 6.07) is 22.4. The van der Waals surface area contributed by atoms with E-state index < -0.39 is 12.0 Å². The Morgan fingerprint density at radius 1 is 1.09 bits per heavy atom. The molecule has 5 rings (SSSR count). The van der Waals surface area contributed by atoms with Crippen LogP contribution >= 0.6 is 11.3 Å². The zero-order valence-corrected chi connectivity index (χ0v) is 19.5. The lowest BCUT2D eigenvalue weighted by Gasteiger charge is -2.25. The van der Waals surface area contributed by atoms with Crippen molar-refractivity contribution >= 4 is 23.4 Å². The summed E-state index contributed by atoms with van der Waals surface area (Å²) >= 11 is 1.28. The third kappa shape index (κ3) is 3.84. The van der Waals surface area contributed by atoms with E-state index in [1.165, 1.54) is 18.4 Å². The molecule has 0 N–H and O–H groups in total. The Balaban J connectivity index is 1.68. The van der Waals surface area contributed by atoms with Gasteiger partial charge >= 0.3 is 5.97 Å². The molecule has 3 heterocycles. The van der Waals surface area contributed by atoms with Crippen LogP contribution < -0.4 is 14.9 Å².